The van der Waals surface area contributed by atoms with Crippen LogP contribution >= 0.6 is 0 Å². The Morgan fingerprint density at radius 3 is 2.40 bits per heavy atom. The molecule has 2 aromatic rings. The zero-order chi connectivity index (χ0) is 18.6. The van der Waals surface area contributed by atoms with Crippen LogP contribution in [0.4, 0.5) is 5.69 Å². The van der Waals surface area contributed by atoms with Crippen LogP contribution in [0.25, 0.3) is 0 Å². The Hall–Kier alpha value is -2.30. The van der Waals surface area contributed by atoms with Gasteiger partial charge in [-0.3, -0.25) is 9.89 Å². The maximum Gasteiger partial charge on any atom is 0.219 e. The fourth-order valence-electron chi connectivity index (χ4n) is 2.87. The van der Waals surface area contributed by atoms with E-state index in [9.17, 15) is 4.79 Å². The van der Waals surface area contributed by atoms with Crippen LogP contribution in [0.5, 0.6) is 0 Å². The first-order valence-corrected chi connectivity index (χ1v) is 8.81. The van der Waals surface area contributed by atoms with Gasteiger partial charge in [-0.05, 0) is 31.5 Å². The van der Waals surface area contributed by atoms with Crippen LogP contribution in [-0.2, 0) is 23.3 Å². The second kappa shape index (κ2) is 7.72. The predicted octanol–water partition coefficient (Wildman–Crippen LogP) is 4.08. The van der Waals surface area contributed by atoms with Crippen LogP contribution in [0.2, 0.25) is 0 Å². The van der Waals surface area contributed by atoms with Gasteiger partial charge in [-0.25, -0.2) is 0 Å². The molecule has 0 fully saturated rings. The first-order valence-electron chi connectivity index (χ1n) is 8.81. The molecule has 0 atom stereocenters. The third kappa shape index (κ3) is 5.08. The average molecular weight is 342 g/mol. The summed E-state index contributed by atoms with van der Waals surface area (Å²) in [6.45, 7) is 13.6. The maximum atomic E-state index is 11.7. The third-order valence-corrected chi connectivity index (χ3v) is 4.29. The van der Waals surface area contributed by atoms with E-state index in [2.05, 4.69) is 60.6 Å². The summed E-state index contributed by atoms with van der Waals surface area (Å²) in [5.74, 6) is 0.104. The van der Waals surface area contributed by atoms with E-state index in [1.807, 2.05) is 24.9 Å². The topological polar surface area (TPSA) is 61.0 Å². The lowest BCUT2D eigenvalue weighted by atomic mass is 9.89. The molecule has 0 radical (unpaired) electrons. The number of aromatic amines is 1. The summed E-state index contributed by atoms with van der Waals surface area (Å²) in [5, 5.41) is 10.7. The lowest BCUT2D eigenvalue weighted by Gasteiger charge is -2.25. The summed E-state index contributed by atoms with van der Waals surface area (Å²) in [7, 11) is 0. The predicted molar refractivity (Wildman–Crippen MR) is 102 cm³/mol. The summed E-state index contributed by atoms with van der Waals surface area (Å²) in [6, 6.07) is 8.46. The molecular weight excluding hydrogens is 312 g/mol. The van der Waals surface area contributed by atoms with Crippen LogP contribution in [-0.4, -0.2) is 27.0 Å². The Morgan fingerprint density at radius 2 is 1.88 bits per heavy atom. The molecule has 2 rings (SSSR count). The molecule has 136 valence electrons. The van der Waals surface area contributed by atoms with Crippen molar-refractivity contribution in [2.75, 3.05) is 5.32 Å². The molecule has 0 aliphatic heterocycles. The number of hydrogen-bond donors (Lipinski definition) is 2. The van der Waals surface area contributed by atoms with E-state index in [0.717, 1.165) is 23.5 Å². The Labute approximate surface area is 150 Å². The SMILES string of the molecule is CC(=O)N(Cc1ccc(NCc2cn[nH]c2C(C)(C)C)cc1)C(C)C. The van der Waals surface area contributed by atoms with E-state index in [4.69, 9.17) is 0 Å². The van der Waals surface area contributed by atoms with Crippen molar-refractivity contribution in [1.82, 2.24) is 15.1 Å². The molecule has 1 aromatic heterocycles. The molecule has 5 heteroatoms. The fraction of sp³-hybridized carbons (Fsp3) is 0.500. The zero-order valence-corrected chi connectivity index (χ0v) is 16.2. The first-order chi connectivity index (χ1) is 11.7. The standard InChI is InChI=1S/C20H30N4O/c1-14(2)24(15(3)25)13-16-7-9-18(10-8-16)21-11-17-12-22-23-19(17)20(4,5)6/h7-10,12,14,21H,11,13H2,1-6H3,(H,22,23). The average Bonchev–Trinajstić information content (AvgIpc) is 3.00. The van der Waals surface area contributed by atoms with E-state index in [-0.39, 0.29) is 17.4 Å². The molecule has 1 heterocycles. The van der Waals surface area contributed by atoms with Gasteiger partial charge >= 0.3 is 0 Å². The first kappa shape index (κ1) is 19.0. The molecule has 2 N–H and O–H groups in total. The molecule has 0 aliphatic rings. The van der Waals surface area contributed by atoms with Gasteiger partial charge in [-0.15, -0.1) is 0 Å². The zero-order valence-electron chi connectivity index (χ0n) is 16.2. The smallest absolute Gasteiger partial charge is 0.219 e. The quantitative estimate of drug-likeness (QED) is 0.831. The molecule has 0 unspecified atom stereocenters. The van der Waals surface area contributed by atoms with Crippen molar-refractivity contribution in [3.63, 3.8) is 0 Å². The summed E-state index contributed by atoms with van der Waals surface area (Å²) in [6.07, 6.45) is 1.88. The van der Waals surface area contributed by atoms with Crippen LogP contribution in [0, 0.1) is 0 Å². The molecule has 1 aromatic carbocycles. The highest BCUT2D eigenvalue weighted by Gasteiger charge is 2.19. The molecule has 0 saturated heterocycles. The van der Waals surface area contributed by atoms with Gasteiger partial charge in [0, 0.05) is 48.4 Å². The van der Waals surface area contributed by atoms with E-state index in [1.54, 1.807) is 6.92 Å². The number of anilines is 1. The molecule has 0 spiro atoms. The van der Waals surface area contributed by atoms with Gasteiger partial charge in [0.1, 0.15) is 0 Å². The number of amides is 1. The van der Waals surface area contributed by atoms with Crippen LogP contribution < -0.4 is 5.32 Å². The van der Waals surface area contributed by atoms with Crippen molar-refractivity contribution in [3.8, 4) is 0 Å². The van der Waals surface area contributed by atoms with Gasteiger partial charge in [0.25, 0.3) is 0 Å². The lowest BCUT2D eigenvalue weighted by molar-refractivity contribution is -0.131. The minimum absolute atomic E-state index is 0.0460. The minimum Gasteiger partial charge on any atom is -0.381 e. The summed E-state index contributed by atoms with van der Waals surface area (Å²) < 4.78 is 0. The second-order valence-electron chi connectivity index (χ2n) is 7.81. The van der Waals surface area contributed by atoms with Crippen molar-refractivity contribution in [3.05, 3.63) is 47.3 Å². The van der Waals surface area contributed by atoms with E-state index >= 15 is 0 Å². The molecule has 25 heavy (non-hydrogen) atoms. The Morgan fingerprint density at radius 1 is 1.24 bits per heavy atom. The van der Waals surface area contributed by atoms with E-state index in [1.165, 1.54) is 5.56 Å². The van der Waals surface area contributed by atoms with E-state index in [0.29, 0.717) is 6.54 Å². The maximum absolute atomic E-state index is 11.7. The van der Waals surface area contributed by atoms with Gasteiger partial charge in [-0.1, -0.05) is 32.9 Å². The van der Waals surface area contributed by atoms with Gasteiger partial charge in [0.15, 0.2) is 0 Å². The van der Waals surface area contributed by atoms with Crippen molar-refractivity contribution in [2.45, 2.75) is 66.1 Å². The largest absolute Gasteiger partial charge is 0.381 e. The number of carbonyl (C=O) groups is 1. The summed E-state index contributed by atoms with van der Waals surface area (Å²) >= 11 is 0. The van der Waals surface area contributed by atoms with Gasteiger partial charge < -0.3 is 10.2 Å². The van der Waals surface area contributed by atoms with Gasteiger partial charge in [0.2, 0.25) is 5.91 Å². The highest BCUT2D eigenvalue weighted by Crippen LogP contribution is 2.24. The van der Waals surface area contributed by atoms with Crippen molar-refractivity contribution in [1.29, 1.82) is 0 Å². The number of hydrogen-bond acceptors (Lipinski definition) is 3. The minimum atomic E-state index is 0.0460. The highest BCUT2D eigenvalue weighted by molar-refractivity contribution is 5.73. The van der Waals surface area contributed by atoms with Crippen LogP contribution in [0.1, 0.15) is 58.4 Å². The van der Waals surface area contributed by atoms with Gasteiger partial charge in [0.05, 0.1) is 6.20 Å². The summed E-state index contributed by atoms with van der Waals surface area (Å²) in [4.78, 5) is 13.6. The molecule has 0 saturated carbocycles. The van der Waals surface area contributed by atoms with Crippen LogP contribution in [0.15, 0.2) is 30.5 Å². The number of rotatable bonds is 6. The number of carbonyl (C=O) groups excluding carboxylic acids is 1. The second-order valence-corrected chi connectivity index (χ2v) is 7.81. The van der Waals surface area contributed by atoms with Crippen LogP contribution in [0.3, 0.4) is 0 Å². The Kier molecular flexibility index (Phi) is 5.88. The number of H-pyrrole nitrogens is 1. The summed E-state index contributed by atoms with van der Waals surface area (Å²) in [5.41, 5.74) is 4.58. The van der Waals surface area contributed by atoms with Gasteiger partial charge in [-0.2, -0.15) is 5.10 Å². The Balaban J connectivity index is 1.99. The normalized spacial score (nSPS) is 11.6. The molecular formula is C20H30N4O. The fourth-order valence-corrected chi connectivity index (χ4v) is 2.87. The van der Waals surface area contributed by atoms with Crippen molar-refractivity contribution < 1.29 is 4.79 Å². The third-order valence-electron chi connectivity index (χ3n) is 4.29. The number of benzene rings is 1. The van der Waals surface area contributed by atoms with Crippen molar-refractivity contribution in [2.24, 2.45) is 0 Å². The molecule has 1 amide bonds. The monoisotopic (exact) mass is 342 g/mol. The number of nitrogens with zero attached hydrogens (tertiary/aromatic N) is 2. The highest BCUT2D eigenvalue weighted by atomic mass is 16.2. The Bertz CT molecular complexity index is 695. The number of aromatic nitrogens is 2. The molecule has 5 nitrogen and oxygen atoms in total. The van der Waals surface area contributed by atoms with E-state index < -0.39 is 0 Å². The van der Waals surface area contributed by atoms with Crippen molar-refractivity contribution >= 4 is 11.6 Å². The lowest BCUT2D eigenvalue weighted by Crippen LogP contribution is -2.34. The molecule has 0 bridgehead atoms. The number of nitrogens with one attached hydrogen (secondary N) is 2. The molecule has 0 aliphatic carbocycles.